The maximum Gasteiger partial charge on any atom is 0.178 e. The van der Waals surface area contributed by atoms with Crippen LogP contribution in [-0.2, 0) is 6.54 Å². The van der Waals surface area contributed by atoms with Gasteiger partial charge in [-0.3, -0.25) is 0 Å². The van der Waals surface area contributed by atoms with Crippen molar-refractivity contribution in [3.63, 3.8) is 0 Å². The number of thiophene rings is 1. The van der Waals surface area contributed by atoms with Crippen molar-refractivity contribution >= 4 is 34.6 Å². The molecule has 2 heterocycles. The van der Waals surface area contributed by atoms with E-state index in [0.29, 0.717) is 6.61 Å². The van der Waals surface area contributed by atoms with Crippen LogP contribution in [0.4, 0.5) is 0 Å². The Kier molecular flexibility index (Phi) is 3.40. The summed E-state index contributed by atoms with van der Waals surface area (Å²) in [5, 5.41) is 4.23. The third kappa shape index (κ3) is 2.31. The molecule has 0 bridgehead atoms. The maximum absolute atomic E-state index is 5.63. The van der Waals surface area contributed by atoms with Gasteiger partial charge in [0, 0.05) is 0 Å². The van der Waals surface area contributed by atoms with Gasteiger partial charge < -0.3 is 14.3 Å². The van der Waals surface area contributed by atoms with E-state index in [9.17, 15) is 0 Å². The van der Waals surface area contributed by atoms with Crippen LogP contribution in [0.25, 0.3) is 11.0 Å². The molecule has 1 N–H and O–H groups in total. The monoisotopic (exact) mass is 290 g/mol. The third-order valence-corrected chi connectivity index (χ3v) is 4.05. The zero-order valence-corrected chi connectivity index (χ0v) is 12.2. The molecule has 0 spiro atoms. The Balaban J connectivity index is 2.12. The number of rotatable bonds is 4. The minimum atomic E-state index is 0.648. The minimum absolute atomic E-state index is 0.648. The predicted molar refractivity (Wildman–Crippen MR) is 81.7 cm³/mol. The first-order valence-corrected chi connectivity index (χ1v) is 7.50. The van der Waals surface area contributed by atoms with Gasteiger partial charge in [-0.15, -0.1) is 0 Å². The Morgan fingerprint density at radius 2 is 2.26 bits per heavy atom. The lowest BCUT2D eigenvalue weighted by Gasteiger charge is -2.05. The molecule has 2 aromatic heterocycles. The van der Waals surface area contributed by atoms with Crippen LogP contribution in [0.15, 0.2) is 35.0 Å². The smallest absolute Gasteiger partial charge is 0.178 e. The molecule has 3 rings (SSSR count). The van der Waals surface area contributed by atoms with Gasteiger partial charge in [0.25, 0.3) is 0 Å². The van der Waals surface area contributed by atoms with Crippen molar-refractivity contribution in [3.05, 3.63) is 45.4 Å². The number of aromatic nitrogens is 2. The Morgan fingerprint density at radius 1 is 1.37 bits per heavy atom. The average Bonchev–Trinajstić information content (AvgIpc) is 3.01. The molecule has 0 aliphatic rings. The van der Waals surface area contributed by atoms with E-state index in [4.69, 9.17) is 17.0 Å². The minimum Gasteiger partial charge on any atom is -0.492 e. The number of hydrogen-bond acceptors (Lipinski definition) is 3. The van der Waals surface area contributed by atoms with Gasteiger partial charge in [0.15, 0.2) is 4.77 Å². The Hall–Kier alpha value is -1.59. The predicted octanol–water partition coefficient (Wildman–Crippen LogP) is 4.21. The molecule has 98 valence electrons. The second-order valence-electron chi connectivity index (χ2n) is 4.23. The molecule has 0 fully saturated rings. The quantitative estimate of drug-likeness (QED) is 0.730. The molecule has 0 saturated heterocycles. The first-order valence-electron chi connectivity index (χ1n) is 6.15. The number of hydrogen-bond donors (Lipinski definition) is 1. The number of para-hydroxylation sites is 1. The molecule has 3 aromatic rings. The highest BCUT2D eigenvalue weighted by Gasteiger charge is 2.09. The van der Waals surface area contributed by atoms with Crippen LogP contribution in [0.1, 0.15) is 12.5 Å². The fraction of sp³-hybridized carbons (Fsp3) is 0.214. The van der Waals surface area contributed by atoms with Crippen molar-refractivity contribution in [1.82, 2.24) is 9.55 Å². The molecule has 0 radical (unpaired) electrons. The fourth-order valence-corrected chi connectivity index (χ4v) is 3.08. The summed E-state index contributed by atoms with van der Waals surface area (Å²) in [5.41, 5.74) is 3.33. The maximum atomic E-state index is 5.63. The fourth-order valence-electron chi connectivity index (χ4n) is 2.15. The van der Waals surface area contributed by atoms with Crippen molar-refractivity contribution in [2.45, 2.75) is 13.5 Å². The number of imidazole rings is 1. The molecule has 0 unspecified atom stereocenters. The average molecular weight is 290 g/mol. The lowest BCUT2D eigenvalue weighted by Crippen LogP contribution is -1.98. The third-order valence-electron chi connectivity index (χ3n) is 2.99. The summed E-state index contributed by atoms with van der Waals surface area (Å²) in [5.74, 6) is 0.857. The number of ether oxygens (including phenoxy) is 1. The number of fused-ring (bicyclic) bond motifs is 1. The second-order valence-corrected chi connectivity index (χ2v) is 5.40. The summed E-state index contributed by atoms with van der Waals surface area (Å²) >= 11 is 7.13. The zero-order valence-electron chi connectivity index (χ0n) is 10.6. The molecule has 0 atom stereocenters. The molecule has 19 heavy (non-hydrogen) atoms. The molecular weight excluding hydrogens is 276 g/mol. The van der Waals surface area contributed by atoms with E-state index < -0.39 is 0 Å². The number of benzene rings is 1. The Bertz CT molecular complexity index is 740. The van der Waals surface area contributed by atoms with Crippen molar-refractivity contribution in [2.24, 2.45) is 0 Å². The summed E-state index contributed by atoms with van der Waals surface area (Å²) in [6, 6.07) is 8.15. The molecule has 3 nitrogen and oxygen atoms in total. The van der Waals surface area contributed by atoms with Crippen LogP contribution in [0.2, 0.25) is 0 Å². The van der Waals surface area contributed by atoms with E-state index in [-0.39, 0.29) is 0 Å². The summed E-state index contributed by atoms with van der Waals surface area (Å²) in [4.78, 5) is 3.25. The van der Waals surface area contributed by atoms with E-state index in [0.717, 1.165) is 28.1 Å². The lowest BCUT2D eigenvalue weighted by atomic mass is 10.2. The standard InChI is InChI=1S/C14H14N2OS2/c1-2-17-12-5-3-4-11-13(12)15-14(18)16(11)8-10-6-7-19-9-10/h3-7,9H,2,8H2,1H3,(H,15,18). The molecular formula is C14H14N2OS2. The summed E-state index contributed by atoms with van der Waals surface area (Å²) < 4.78 is 8.47. The van der Waals surface area contributed by atoms with Crippen molar-refractivity contribution < 1.29 is 4.74 Å². The zero-order chi connectivity index (χ0) is 13.2. The van der Waals surface area contributed by atoms with Crippen LogP contribution in [0.5, 0.6) is 5.75 Å². The van der Waals surface area contributed by atoms with Crippen LogP contribution in [0, 0.1) is 4.77 Å². The normalized spacial score (nSPS) is 11.0. The van der Waals surface area contributed by atoms with Crippen LogP contribution in [0.3, 0.4) is 0 Å². The Morgan fingerprint density at radius 3 is 3.00 bits per heavy atom. The van der Waals surface area contributed by atoms with Gasteiger partial charge in [0.1, 0.15) is 11.3 Å². The van der Waals surface area contributed by atoms with E-state index in [1.165, 1.54) is 5.56 Å². The summed E-state index contributed by atoms with van der Waals surface area (Å²) in [7, 11) is 0. The van der Waals surface area contributed by atoms with Crippen molar-refractivity contribution in [2.75, 3.05) is 6.61 Å². The number of aromatic amines is 1. The summed E-state index contributed by atoms with van der Waals surface area (Å²) in [6.45, 7) is 3.42. The molecule has 1 aromatic carbocycles. The number of nitrogens with one attached hydrogen (secondary N) is 1. The van der Waals surface area contributed by atoms with Crippen molar-refractivity contribution in [1.29, 1.82) is 0 Å². The van der Waals surface area contributed by atoms with Gasteiger partial charge in [0.05, 0.1) is 18.7 Å². The highest BCUT2D eigenvalue weighted by Crippen LogP contribution is 2.25. The Labute approximate surface area is 120 Å². The van der Waals surface area contributed by atoms with E-state index in [1.807, 2.05) is 19.1 Å². The molecule has 0 aliphatic carbocycles. The highest BCUT2D eigenvalue weighted by molar-refractivity contribution is 7.71. The topological polar surface area (TPSA) is 29.9 Å². The summed E-state index contributed by atoms with van der Waals surface area (Å²) in [6.07, 6.45) is 0. The largest absolute Gasteiger partial charge is 0.492 e. The molecule has 5 heteroatoms. The van der Waals surface area contributed by atoms with Gasteiger partial charge in [-0.05, 0) is 53.7 Å². The van der Waals surface area contributed by atoms with E-state index >= 15 is 0 Å². The van der Waals surface area contributed by atoms with Crippen molar-refractivity contribution in [3.8, 4) is 5.75 Å². The molecule has 0 amide bonds. The second kappa shape index (κ2) is 5.19. The molecule has 0 saturated carbocycles. The van der Waals surface area contributed by atoms with E-state index in [1.54, 1.807) is 11.3 Å². The SMILES string of the molecule is CCOc1cccc2c1[nH]c(=S)n2Cc1ccsc1. The van der Waals surface area contributed by atoms with Gasteiger partial charge in [-0.1, -0.05) is 6.07 Å². The highest BCUT2D eigenvalue weighted by atomic mass is 32.1. The van der Waals surface area contributed by atoms with Crippen LogP contribution in [-0.4, -0.2) is 16.2 Å². The number of nitrogens with zero attached hydrogens (tertiary/aromatic N) is 1. The van der Waals surface area contributed by atoms with Crippen LogP contribution < -0.4 is 4.74 Å². The first kappa shape index (κ1) is 12.4. The number of H-pyrrole nitrogens is 1. The van der Waals surface area contributed by atoms with Gasteiger partial charge in [-0.25, -0.2) is 0 Å². The van der Waals surface area contributed by atoms with Crippen LogP contribution >= 0.6 is 23.6 Å². The lowest BCUT2D eigenvalue weighted by molar-refractivity contribution is 0.343. The van der Waals surface area contributed by atoms with Gasteiger partial charge >= 0.3 is 0 Å². The first-order chi connectivity index (χ1) is 9.29. The molecule has 0 aliphatic heterocycles. The van der Waals surface area contributed by atoms with Gasteiger partial charge in [-0.2, -0.15) is 11.3 Å². The van der Waals surface area contributed by atoms with Gasteiger partial charge in [0.2, 0.25) is 0 Å². The van der Waals surface area contributed by atoms with E-state index in [2.05, 4.69) is 32.4 Å².